The monoisotopic (exact) mass is 478 g/mol. The minimum atomic E-state index is -1.35. The molecule has 0 fully saturated rings. The van der Waals surface area contributed by atoms with Crippen LogP contribution >= 0.6 is 0 Å². The number of aromatic nitrogens is 1. The second-order valence-corrected chi connectivity index (χ2v) is 8.61. The molecule has 0 radical (unpaired) electrons. The van der Waals surface area contributed by atoms with Gasteiger partial charge in [0.15, 0.2) is 11.2 Å². The highest BCUT2D eigenvalue weighted by Gasteiger charge is 2.29. The molecule has 4 rings (SSSR count). The average Bonchev–Trinajstić information content (AvgIpc) is 3.26. The summed E-state index contributed by atoms with van der Waals surface area (Å²) in [6.45, 7) is 4.49. The smallest absolute Gasteiger partial charge is 0.347 e. The van der Waals surface area contributed by atoms with Crippen molar-refractivity contribution in [3.8, 4) is 11.5 Å². The van der Waals surface area contributed by atoms with E-state index in [-0.39, 0.29) is 5.82 Å². The molecule has 0 aliphatic rings. The fraction of sp³-hybridized carbons (Fsp3) is 0.259. The standard InChI is InChI=1S/C27H27FN2O5/c1-27(2,25(31)32)35-22-8-5-7-19(17-22)18-30(26-29-23-9-3-4-10-24(23)34-26)15-6-16-33-21-13-11-20(28)12-14-21/h3-5,7-14,17H,6,15-16,18H2,1-2H3,(H,31,32). The SMILES string of the molecule is CC(C)(Oc1cccc(CN(CCCOc2ccc(F)cc2)c2nc3ccccc3o2)c1)C(=O)O. The summed E-state index contributed by atoms with van der Waals surface area (Å²) in [6, 6.07) is 21.2. The molecule has 35 heavy (non-hydrogen) atoms. The Labute approximate surface area is 202 Å². The van der Waals surface area contributed by atoms with E-state index in [4.69, 9.17) is 13.9 Å². The van der Waals surface area contributed by atoms with Gasteiger partial charge in [0, 0.05) is 13.1 Å². The number of rotatable bonds is 11. The van der Waals surface area contributed by atoms with Gasteiger partial charge in [0.25, 0.3) is 6.01 Å². The van der Waals surface area contributed by atoms with Crippen LogP contribution in [-0.4, -0.2) is 34.8 Å². The number of halogens is 1. The molecular weight excluding hydrogens is 451 g/mol. The number of para-hydroxylation sites is 2. The number of ether oxygens (including phenoxy) is 2. The first-order valence-electron chi connectivity index (χ1n) is 11.3. The maximum absolute atomic E-state index is 13.1. The van der Waals surface area contributed by atoms with Crippen molar-refractivity contribution >= 4 is 23.1 Å². The average molecular weight is 479 g/mol. The second kappa shape index (κ2) is 10.5. The van der Waals surface area contributed by atoms with E-state index in [1.54, 1.807) is 18.2 Å². The number of benzene rings is 3. The molecule has 4 aromatic rings. The Bertz CT molecular complexity index is 1250. The first-order valence-corrected chi connectivity index (χ1v) is 11.3. The van der Waals surface area contributed by atoms with Gasteiger partial charge in [-0.1, -0.05) is 24.3 Å². The molecule has 3 aromatic carbocycles. The number of hydrogen-bond donors (Lipinski definition) is 1. The van der Waals surface area contributed by atoms with Gasteiger partial charge in [-0.2, -0.15) is 4.98 Å². The highest BCUT2D eigenvalue weighted by molar-refractivity contribution is 5.77. The van der Waals surface area contributed by atoms with Crippen molar-refractivity contribution in [3.05, 3.63) is 84.2 Å². The lowest BCUT2D eigenvalue weighted by Gasteiger charge is -2.23. The van der Waals surface area contributed by atoms with Gasteiger partial charge >= 0.3 is 5.97 Å². The van der Waals surface area contributed by atoms with Gasteiger partial charge in [0.05, 0.1) is 6.61 Å². The summed E-state index contributed by atoms with van der Waals surface area (Å²) >= 11 is 0. The molecule has 0 saturated carbocycles. The van der Waals surface area contributed by atoms with E-state index < -0.39 is 11.6 Å². The fourth-order valence-corrected chi connectivity index (χ4v) is 3.48. The van der Waals surface area contributed by atoms with Crippen LogP contribution < -0.4 is 14.4 Å². The Morgan fingerprint density at radius 3 is 2.57 bits per heavy atom. The number of aliphatic carboxylic acids is 1. The zero-order valence-electron chi connectivity index (χ0n) is 19.6. The molecule has 182 valence electrons. The second-order valence-electron chi connectivity index (χ2n) is 8.61. The van der Waals surface area contributed by atoms with Crippen molar-refractivity contribution in [1.82, 2.24) is 4.98 Å². The van der Waals surface area contributed by atoms with Crippen LogP contribution in [-0.2, 0) is 11.3 Å². The van der Waals surface area contributed by atoms with E-state index in [1.807, 2.05) is 47.4 Å². The van der Waals surface area contributed by atoms with Crippen molar-refractivity contribution in [1.29, 1.82) is 0 Å². The van der Waals surface area contributed by atoms with Crippen molar-refractivity contribution in [2.24, 2.45) is 0 Å². The third kappa shape index (κ3) is 6.29. The molecule has 1 N–H and O–H groups in total. The summed E-state index contributed by atoms with van der Waals surface area (Å²) in [6.07, 6.45) is 0.665. The molecule has 0 aliphatic heterocycles. The Morgan fingerprint density at radius 2 is 1.83 bits per heavy atom. The van der Waals surface area contributed by atoms with Gasteiger partial charge in [-0.25, -0.2) is 9.18 Å². The van der Waals surface area contributed by atoms with Crippen LogP contribution in [0.4, 0.5) is 10.4 Å². The summed E-state index contributed by atoms with van der Waals surface area (Å²) in [5.41, 5.74) is 1.01. The van der Waals surface area contributed by atoms with Crippen LogP contribution in [0.2, 0.25) is 0 Å². The third-order valence-corrected chi connectivity index (χ3v) is 5.37. The highest BCUT2D eigenvalue weighted by Crippen LogP contribution is 2.25. The topological polar surface area (TPSA) is 85.0 Å². The highest BCUT2D eigenvalue weighted by atomic mass is 19.1. The molecule has 0 atom stereocenters. The number of nitrogens with zero attached hydrogens (tertiary/aromatic N) is 2. The summed E-state index contributed by atoms with van der Waals surface area (Å²) in [5.74, 6) is -0.285. The van der Waals surface area contributed by atoms with E-state index >= 15 is 0 Å². The lowest BCUT2D eigenvalue weighted by atomic mass is 10.1. The fourth-order valence-electron chi connectivity index (χ4n) is 3.48. The molecule has 1 heterocycles. The van der Waals surface area contributed by atoms with Crippen LogP contribution in [0.25, 0.3) is 11.1 Å². The van der Waals surface area contributed by atoms with Crippen LogP contribution in [0.1, 0.15) is 25.8 Å². The van der Waals surface area contributed by atoms with Gasteiger partial charge in [0.2, 0.25) is 0 Å². The Kier molecular flexibility index (Phi) is 7.19. The zero-order valence-corrected chi connectivity index (χ0v) is 19.6. The third-order valence-electron chi connectivity index (χ3n) is 5.37. The molecule has 0 saturated heterocycles. The van der Waals surface area contributed by atoms with E-state index in [2.05, 4.69) is 4.98 Å². The molecule has 1 aromatic heterocycles. The number of carboxylic acids is 1. The number of hydrogen-bond acceptors (Lipinski definition) is 6. The number of fused-ring (bicyclic) bond motifs is 1. The summed E-state index contributed by atoms with van der Waals surface area (Å²) in [4.78, 5) is 18.1. The van der Waals surface area contributed by atoms with Crippen molar-refractivity contribution in [3.63, 3.8) is 0 Å². The molecular formula is C27H27FN2O5. The molecule has 0 amide bonds. The first kappa shape index (κ1) is 24.1. The van der Waals surface area contributed by atoms with Gasteiger partial charge in [0.1, 0.15) is 22.8 Å². The van der Waals surface area contributed by atoms with Gasteiger partial charge in [-0.15, -0.1) is 0 Å². The van der Waals surface area contributed by atoms with Crippen LogP contribution in [0, 0.1) is 5.82 Å². The molecule has 0 spiro atoms. The quantitative estimate of drug-likeness (QED) is 0.277. The Hall–Kier alpha value is -4.07. The molecule has 0 aliphatic carbocycles. The van der Waals surface area contributed by atoms with Gasteiger partial charge in [-0.05, 0) is 74.4 Å². The minimum Gasteiger partial charge on any atom is -0.494 e. The summed E-state index contributed by atoms with van der Waals surface area (Å²) < 4.78 is 30.5. The number of carboxylic acid groups (broad SMARTS) is 1. The summed E-state index contributed by atoms with van der Waals surface area (Å²) in [7, 11) is 0. The van der Waals surface area contributed by atoms with Crippen LogP contribution in [0.5, 0.6) is 11.5 Å². The van der Waals surface area contributed by atoms with Crippen molar-refractivity contribution in [2.45, 2.75) is 32.4 Å². The predicted molar refractivity (Wildman–Crippen MR) is 130 cm³/mol. The predicted octanol–water partition coefficient (Wildman–Crippen LogP) is 5.68. The number of anilines is 1. The molecule has 7 nitrogen and oxygen atoms in total. The van der Waals surface area contributed by atoms with Crippen LogP contribution in [0.3, 0.4) is 0 Å². The zero-order chi connectivity index (χ0) is 24.8. The largest absolute Gasteiger partial charge is 0.494 e. The van der Waals surface area contributed by atoms with Gasteiger partial charge < -0.3 is 23.9 Å². The van der Waals surface area contributed by atoms with Gasteiger partial charge in [-0.3, -0.25) is 0 Å². The maximum atomic E-state index is 13.1. The van der Waals surface area contributed by atoms with E-state index in [1.165, 1.54) is 26.0 Å². The lowest BCUT2D eigenvalue weighted by molar-refractivity contribution is -0.152. The van der Waals surface area contributed by atoms with Crippen molar-refractivity contribution in [2.75, 3.05) is 18.1 Å². The van der Waals surface area contributed by atoms with E-state index in [0.717, 1.165) is 11.1 Å². The minimum absolute atomic E-state index is 0.308. The number of carbonyl (C=O) groups is 1. The lowest BCUT2D eigenvalue weighted by Crippen LogP contribution is -2.37. The molecule has 8 heteroatoms. The normalized spacial score (nSPS) is 11.4. The molecule has 0 unspecified atom stereocenters. The van der Waals surface area contributed by atoms with E-state index in [9.17, 15) is 14.3 Å². The Balaban J connectivity index is 1.48. The summed E-state index contributed by atoms with van der Waals surface area (Å²) in [5, 5.41) is 9.37. The Morgan fingerprint density at radius 1 is 1.06 bits per heavy atom. The first-order chi connectivity index (χ1) is 16.8. The maximum Gasteiger partial charge on any atom is 0.347 e. The number of oxazole rings is 1. The molecule has 0 bridgehead atoms. The van der Waals surface area contributed by atoms with Crippen LogP contribution in [0.15, 0.2) is 77.2 Å². The van der Waals surface area contributed by atoms with E-state index in [0.29, 0.717) is 49.2 Å². The van der Waals surface area contributed by atoms with Crippen molar-refractivity contribution < 1.29 is 28.2 Å².